The second kappa shape index (κ2) is 7.71. The van der Waals surface area contributed by atoms with Gasteiger partial charge in [-0.3, -0.25) is 9.59 Å². The van der Waals surface area contributed by atoms with Crippen LogP contribution in [-0.4, -0.2) is 21.9 Å². The van der Waals surface area contributed by atoms with Crippen LogP contribution in [0.15, 0.2) is 71.8 Å². The molecular weight excluding hydrogens is 402 g/mol. The first-order chi connectivity index (χ1) is 14.5. The van der Waals surface area contributed by atoms with Crippen LogP contribution in [0.1, 0.15) is 26.3 Å². The van der Waals surface area contributed by atoms with Crippen molar-refractivity contribution < 1.29 is 19.8 Å². The number of azide groups is 1. The molecule has 0 aliphatic heterocycles. The largest absolute Gasteiger partial charge is 0.508 e. The van der Waals surface area contributed by atoms with Crippen LogP contribution < -0.4 is 0 Å². The number of thiophene rings is 1. The zero-order chi connectivity index (χ0) is 21.3. The highest BCUT2D eigenvalue weighted by Crippen LogP contribution is 2.41. The van der Waals surface area contributed by atoms with Crippen LogP contribution in [0.25, 0.3) is 31.0 Å². The molecule has 4 aromatic rings. The predicted molar refractivity (Wildman–Crippen MR) is 114 cm³/mol. The summed E-state index contributed by atoms with van der Waals surface area (Å²) in [6.45, 7) is 0. The molecule has 0 fully saturated rings. The first-order valence-electron chi connectivity index (χ1n) is 8.77. The molecule has 8 heteroatoms. The van der Waals surface area contributed by atoms with Crippen LogP contribution in [-0.2, 0) is 0 Å². The standard InChI is InChI=1S/C22H13N3O4S/c23-25-24-22(29)14-3-1-12(2-4-14)20(28)19-17-10-9-16(27)11-18(17)30-21(19)13-5-7-15(26)8-6-13/h1-11,26-27H. The molecule has 0 saturated carbocycles. The molecule has 0 radical (unpaired) electrons. The molecule has 0 unspecified atom stereocenters. The van der Waals surface area contributed by atoms with Gasteiger partial charge in [0, 0.05) is 36.6 Å². The number of carbonyl (C=O) groups is 2. The molecule has 0 spiro atoms. The summed E-state index contributed by atoms with van der Waals surface area (Å²) >= 11 is 1.36. The number of fused-ring (bicyclic) bond motifs is 1. The van der Waals surface area contributed by atoms with E-state index in [1.165, 1.54) is 41.7 Å². The Hall–Kier alpha value is -4.13. The van der Waals surface area contributed by atoms with E-state index in [-0.39, 0.29) is 22.8 Å². The molecule has 0 aliphatic carbocycles. The number of ketones is 1. The minimum absolute atomic E-state index is 0.0981. The van der Waals surface area contributed by atoms with E-state index in [1.807, 2.05) is 0 Å². The first-order valence-corrected chi connectivity index (χ1v) is 9.58. The Balaban J connectivity index is 1.85. The Bertz CT molecular complexity index is 1340. The highest BCUT2D eigenvalue weighted by atomic mass is 32.1. The van der Waals surface area contributed by atoms with E-state index < -0.39 is 5.91 Å². The third kappa shape index (κ3) is 3.48. The van der Waals surface area contributed by atoms with E-state index in [2.05, 4.69) is 10.0 Å². The summed E-state index contributed by atoms with van der Waals surface area (Å²) in [4.78, 5) is 28.3. The van der Waals surface area contributed by atoms with Crippen LogP contribution >= 0.6 is 11.3 Å². The van der Waals surface area contributed by atoms with Gasteiger partial charge in [0.15, 0.2) is 5.78 Å². The van der Waals surface area contributed by atoms with Gasteiger partial charge in [0.05, 0.1) is 0 Å². The number of benzene rings is 3. The Kier molecular flexibility index (Phi) is 4.93. The quantitative estimate of drug-likeness (QED) is 0.193. The molecule has 1 heterocycles. The summed E-state index contributed by atoms with van der Waals surface area (Å²) in [5.41, 5.74) is 10.2. The number of hydrogen-bond acceptors (Lipinski definition) is 5. The summed E-state index contributed by atoms with van der Waals surface area (Å²) in [5.74, 6) is -0.762. The maximum atomic E-state index is 13.4. The van der Waals surface area contributed by atoms with Crippen molar-refractivity contribution >= 4 is 33.1 Å². The summed E-state index contributed by atoms with van der Waals surface area (Å²) < 4.78 is 0.747. The van der Waals surface area contributed by atoms with Crippen molar-refractivity contribution in [1.82, 2.24) is 0 Å². The Morgan fingerprint density at radius 3 is 2.17 bits per heavy atom. The lowest BCUT2D eigenvalue weighted by molar-refractivity contribution is 0.0997. The minimum atomic E-state index is -0.724. The van der Waals surface area contributed by atoms with Crippen molar-refractivity contribution in [1.29, 1.82) is 0 Å². The number of hydrogen-bond donors (Lipinski definition) is 2. The summed E-state index contributed by atoms with van der Waals surface area (Å²) in [5, 5.41) is 23.2. The average molecular weight is 415 g/mol. The second-order valence-corrected chi connectivity index (χ2v) is 7.49. The topological polar surface area (TPSA) is 123 Å². The van der Waals surface area contributed by atoms with E-state index in [9.17, 15) is 19.8 Å². The molecular formula is C22H13N3O4S. The molecule has 0 bridgehead atoms. The second-order valence-electron chi connectivity index (χ2n) is 6.43. The van der Waals surface area contributed by atoms with Crippen LogP contribution in [0.5, 0.6) is 11.5 Å². The third-order valence-electron chi connectivity index (χ3n) is 4.56. The highest BCUT2D eigenvalue weighted by Gasteiger charge is 2.22. The lowest BCUT2D eigenvalue weighted by Crippen LogP contribution is -2.03. The number of aromatic hydroxyl groups is 2. The molecule has 0 atom stereocenters. The maximum absolute atomic E-state index is 13.4. The van der Waals surface area contributed by atoms with Gasteiger partial charge in [0.2, 0.25) is 5.91 Å². The molecule has 1 amide bonds. The molecule has 146 valence electrons. The van der Waals surface area contributed by atoms with E-state index in [0.717, 1.165) is 10.3 Å². The monoisotopic (exact) mass is 415 g/mol. The van der Waals surface area contributed by atoms with Gasteiger partial charge in [-0.1, -0.05) is 24.3 Å². The molecule has 1 aromatic heterocycles. The molecule has 0 aliphatic rings. The average Bonchev–Trinajstić information content (AvgIpc) is 3.12. The fraction of sp³-hybridized carbons (Fsp3) is 0. The summed E-state index contributed by atoms with van der Waals surface area (Å²) in [6.07, 6.45) is 0. The predicted octanol–water partition coefficient (Wildman–Crippen LogP) is 5.66. The molecule has 3 aromatic carbocycles. The number of phenolic OH excluding ortho intramolecular Hbond substituents is 2. The summed E-state index contributed by atoms with van der Waals surface area (Å²) in [6, 6.07) is 17.2. The molecule has 4 rings (SSSR count). The van der Waals surface area contributed by atoms with Gasteiger partial charge >= 0.3 is 0 Å². The van der Waals surface area contributed by atoms with Crippen LogP contribution in [0.2, 0.25) is 0 Å². The van der Waals surface area contributed by atoms with Crippen LogP contribution in [0.3, 0.4) is 0 Å². The van der Waals surface area contributed by atoms with Gasteiger partial charge in [-0.25, -0.2) is 0 Å². The number of nitrogens with zero attached hydrogens (tertiary/aromatic N) is 3. The highest BCUT2D eigenvalue weighted by molar-refractivity contribution is 7.22. The van der Waals surface area contributed by atoms with E-state index in [1.54, 1.807) is 36.4 Å². The van der Waals surface area contributed by atoms with E-state index >= 15 is 0 Å². The maximum Gasteiger partial charge on any atom is 0.249 e. The van der Waals surface area contributed by atoms with E-state index in [0.29, 0.717) is 21.4 Å². The van der Waals surface area contributed by atoms with Crippen molar-refractivity contribution in [3.63, 3.8) is 0 Å². The third-order valence-corrected chi connectivity index (χ3v) is 5.76. The molecule has 30 heavy (non-hydrogen) atoms. The van der Waals surface area contributed by atoms with Gasteiger partial charge in [-0.15, -0.1) is 11.3 Å². The van der Waals surface area contributed by atoms with Gasteiger partial charge in [0.1, 0.15) is 11.5 Å². The zero-order valence-corrected chi connectivity index (χ0v) is 16.1. The molecule has 2 N–H and O–H groups in total. The van der Waals surface area contributed by atoms with Crippen LogP contribution in [0.4, 0.5) is 0 Å². The van der Waals surface area contributed by atoms with Crippen molar-refractivity contribution in [2.24, 2.45) is 5.11 Å². The van der Waals surface area contributed by atoms with Crippen molar-refractivity contribution in [2.45, 2.75) is 0 Å². The Morgan fingerprint density at radius 2 is 1.50 bits per heavy atom. The SMILES string of the molecule is [N-]=[N+]=NC(=O)c1ccc(C(=O)c2c(-c3ccc(O)cc3)sc3cc(O)ccc23)cc1. The fourth-order valence-corrected chi connectivity index (χ4v) is 4.37. The number of rotatable bonds is 4. The Morgan fingerprint density at radius 1 is 0.867 bits per heavy atom. The van der Waals surface area contributed by atoms with E-state index in [4.69, 9.17) is 5.53 Å². The lowest BCUT2D eigenvalue weighted by atomic mass is 9.97. The minimum Gasteiger partial charge on any atom is -0.508 e. The van der Waals surface area contributed by atoms with Crippen molar-refractivity contribution in [3.8, 4) is 21.9 Å². The summed E-state index contributed by atoms with van der Waals surface area (Å²) in [7, 11) is 0. The smallest absolute Gasteiger partial charge is 0.249 e. The number of phenols is 2. The van der Waals surface area contributed by atoms with Gasteiger partial charge in [-0.2, -0.15) is 0 Å². The molecule has 0 saturated heterocycles. The van der Waals surface area contributed by atoms with Crippen LogP contribution in [0, 0.1) is 0 Å². The zero-order valence-electron chi connectivity index (χ0n) is 15.3. The lowest BCUT2D eigenvalue weighted by Gasteiger charge is -2.06. The van der Waals surface area contributed by atoms with Gasteiger partial charge in [0.25, 0.3) is 0 Å². The fourth-order valence-electron chi connectivity index (χ4n) is 3.13. The van der Waals surface area contributed by atoms with Gasteiger partial charge in [-0.05, 0) is 58.7 Å². The van der Waals surface area contributed by atoms with Crippen molar-refractivity contribution in [3.05, 3.63) is 93.9 Å². The Labute approximate surface area is 174 Å². The number of amides is 1. The van der Waals surface area contributed by atoms with Gasteiger partial charge < -0.3 is 10.2 Å². The number of carbonyl (C=O) groups excluding carboxylic acids is 2. The first kappa shape index (κ1) is 19.2. The van der Waals surface area contributed by atoms with Crippen molar-refractivity contribution in [2.75, 3.05) is 0 Å². The molecule has 7 nitrogen and oxygen atoms in total. The normalized spacial score (nSPS) is 10.5.